The van der Waals surface area contributed by atoms with Crippen molar-refractivity contribution in [2.45, 2.75) is 63.3 Å². The fraction of sp³-hybridized carbons (Fsp3) is 0.333. The molecule has 2 heterocycles. The van der Waals surface area contributed by atoms with E-state index < -0.39 is 17.5 Å². The van der Waals surface area contributed by atoms with Crippen LogP contribution in [0.5, 0.6) is 5.75 Å². The molecule has 2 amide bonds. The standard InChI is InChI=1S/C36H37FN4O5/c1-3-46-29-21-25(14-11-22(29)13-16-30(42)43)39-35(45)36(17-7-18-36)40-34(44)24-12-15-26-28(20-24)41(2)32(27-10-6-19-38-33(27)37)31(26)23-8-4-5-9-23/h6,10-16,19-21,23H,3-5,7-9,17-18H2,1-2H3,(H,39,45)(H,40,44)(H,42,43)/b16-13+. The summed E-state index contributed by atoms with van der Waals surface area (Å²) < 4.78 is 22.6. The van der Waals surface area contributed by atoms with Crippen LogP contribution in [0.2, 0.25) is 0 Å². The number of ether oxygens (including phenoxy) is 1. The maximum Gasteiger partial charge on any atom is 0.328 e. The Morgan fingerprint density at radius 3 is 2.57 bits per heavy atom. The Labute approximate surface area is 266 Å². The molecular weight excluding hydrogens is 587 g/mol. The summed E-state index contributed by atoms with van der Waals surface area (Å²) in [6, 6.07) is 14.0. The summed E-state index contributed by atoms with van der Waals surface area (Å²) in [5, 5.41) is 15.9. The molecule has 0 bridgehead atoms. The first-order valence-electron chi connectivity index (χ1n) is 15.8. The summed E-state index contributed by atoms with van der Waals surface area (Å²) in [6.45, 7) is 2.17. The summed E-state index contributed by atoms with van der Waals surface area (Å²) in [5.41, 5.74) is 3.52. The number of carbonyl (C=O) groups excluding carboxylic acids is 2. The minimum Gasteiger partial charge on any atom is -0.493 e. The molecule has 4 aromatic rings. The van der Waals surface area contributed by atoms with Crippen LogP contribution in [0.4, 0.5) is 10.1 Å². The molecule has 238 valence electrons. The van der Waals surface area contributed by atoms with E-state index in [2.05, 4.69) is 15.6 Å². The molecule has 0 spiro atoms. The van der Waals surface area contributed by atoms with Crippen molar-refractivity contribution < 1.29 is 28.6 Å². The third-order valence-electron chi connectivity index (χ3n) is 9.25. The summed E-state index contributed by atoms with van der Waals surface area (Å²) in [7, 11) is 1.89. The molecule has 2 aliphatic carbocycles. The van der Waals surface area contributed by atoms with E-state index in [1.165, 1.54) is 12.3 Å². The number of aliphatic carboxylic acids is 1. The normalized spacial score (nSPS) is 16.0. The quantitative estimate of drug-likeness (QED) is 0.131. The van der Waals surface area contributed by atoms with Crippen LogP contribution in [0.25, 0.3) is 28.2 Å². The number of hydrogen-bond acceptors (Lipinski definition) is 5. The smallest absolute Gasteiger partial charge is 0.328 e. The molecular formula is C36H37FN4O5. The van der Waals surface area contributed by atoms with Crippen LogP contribution in [0, 0.1) is 5.95 Å². The van der Waals surface area contributed by atoms with Gasteiger partial charge in [-0.25, -0.2) is 9.78 Å². The fourth-order valence-electron chi connectivity index (χ4n) is 6.79. The number of halogens is 1. The molecule has 2 aromatic heterocycles. The Bertz CT molecular complexity index is 1850. The van der Waals surface area contributed by atoms with Crippen molar-refractivity contribution in [2.24, 2.45) is 7.05 Å². The van der Waals surface area contributed by atoms with Crippen LogP contribution in [0.15, 0.2) is 60.8 Å². The number of fused-ring (bicyclic) bond motifs is 1. The van der Waals surface area contributed by atoms with Crippen molar-refractivity contribution in [3.8, 4) is 17.0 Å². The zero-order valence-corrected chi connectivity index (χ0v) is 25.9. The van der Waals surface area contributed by atoms with Crippen molar-refractivity contribution >= 4 is 40.4 Å². The summed E-state index contributed by atoms with van der Waals surface area (Å²) in [4.78, 5) is 42.2. The number of pyridine rings is 1. The predicted molar refractivity (Wildman–Crippen MR) is 174 cm³/mol. The molecule has 2 fully saturated rings. The second-order valence-electron chi connectivity index (χ2n) is 12.1. The van der Waals surface area contributed by atoms with Gasteiger partial charge in [-0.15, -0.1) is 0 Å². The molecule has 2 aliphatic rings. The average molecular weight is 625 g/mol. The zero-order valence-electron chi connectivity index (χ0n) is 25.9. The molecule has 3 N–H and O–H groups in total. The highest BCUT2D eigenvalue weighted by Crippen LogP contribution is 2.45. The molecule has 0 aliphatic heterocycles. The second kappa shape index (κ2) is 12.8. The van der Waals surface area contributed by atoms with Gasteiger partial charge in [0.15, 0.2) is 0 Å². The summed E-state index contributed by atoms with van der Waals surface area (Å²) in [6.07, 6.45) is 9.98. The van der Waals surface area contributed by atoms with Gasteiger partial charge in [0.25, 0.3) is 5.91 Å². The van der Waals surface area contributed by atoms with Gasteiger partial charge in [0.1, 0.15) is 11.3 Å². The number of carboxylic acid groups (broad SMARTS) is 1. The Kier molecular flexibility index (Phi) is 8.62. The van der Waals surface area contributed by atoms with Gasteiger partial charge < -0.3 is 25.0 Å². The minimum absolute atomic E-state index is 0.297. The van der Waals surface area contributed by atoms with E-state index in [-0.39, 0.29) is 11.8 Å². The lowest BCUT2D eigenvalue weighted by molar-refractivity contribution is -0.131. The molecule has 2 aromatic carbocycles. The predicted octanol–water partition coefficient (Wildman–Crippen LogP) is 6.82. The first kappa shape index (κ1) is 31.0. The number of aryl methyl sites for hydroxylation is 1. The molecule has 0 radical (unpaired) electrons. The largest absolute Gasteiger partial charge is 0.493 e. The Hall–Kier alpha value is -4.99. The number of carbonyl (C=O) groups is 3. The van der Waals surface area contributed by atoms with Gasteiger partial charge in [0, 0.05) is 53.1 Å². The van der Waals surface area contributed by atoms with Crippen LogP contribution in [0.3, 0.4) is 0 Å². The molecule has 6 rings (SSSR count). The van der Waals surface area contributed by atoms with Gasteiger partial charge in [-0.2, -0.15) is 4.39 Å². The maximum atomic E-state index is 15.0. The molecule has 10 heteroatoms. The van der Waals surface area contributed by atoms with Gasteiger partial charge in [-0.1, -0.05) is 18.9 Å². The Balaban J connectivity index is 1.27. The molecule has 0 saturated heterocycles. The van der Waals surface area contributed by atoms with Crippen molar-refractivity contribution in [1.82, 2.24) is 14.9 Å². The van der Waals surface area contributed by atoms with E-state index in [9.17, 15) is 14.4 Å². The molecule has 0 atom stereocenters. The Morgan fingerprint density at radius 1 is 1.11 bits per heavy atom. The third-order valence-corrected chi connectivity index (χ3v) is 9.25. The number of aromatic nitrogens is 2. The highest BCUT2D eigenvalue weighted by atomic mass is 19.1. The van der Waals surface area contributed by atoms with E-state index in [1.54, 1.807) is 36.4 Å². The van der Waals surface area contributed by atoms with E-state index in [4.69, 9.17) is 9.84 Å². The van der Waals surface area contributed by atoms with Gasteiger partial charge in [-0.05, 0) is 93.0 Å². The number of hydrogen-bond donors (Lipinski definition) is 3. The number of nitrogens with one attached hydrogen (secondary N) is 2. The lowest BCUT2D eigenvalue weighted by Gasteiger charge is -2.40. The SMILES string of the molecule is CCOc1cc(NC(=O)C2(NC(=O)c3ccc4c(C5CCCC5)c(-c5cccnc5F)n(C)c4c3)CCC2)ccc1/C=C/C(=O)O. The van der Waals surface area contributed by atoms with E-state index in [0.29, 0.717) is 53.5 Å². The highest BCUT2D eigenvalue weighted by molar-refractivity contribution is 6.06. The molecule has 2 saturated carbocycles. The number of anilines is 1. The van der Waals surface area contributed by atoms with Crippen molar-refractivity contribution in [1.29, 1.82) is 0 Å². The van der Waals surface area contributed by atoms with Gasteiger partial charge in [0.05, 0.1) is 17.9 Å². The zero-order chi connectivity index (χ0) is 32.4. The number of amides is 2. The Morgan fingerprint density at radius 2 is 1.89 bits per heavy atom. The first-order chi connectivity index (χ1) is 22.2. The van der Waals surface area contributed by atoms with Gasteiger partial charge >= 0.3 is 5.97 Å². The topological polar surface area (TPSA) is 123 Å². The fourth-order valence-corrected chi connectivity index (χ4v) is 6.79. The number of carboxylic acids is 1. The van der Waals surface area contributed by atoms with Gasteiger partial charge in [-0.3, -0.25) is 9.59 Å². The molecule has 46 heavy (non-hydrogen) atoms. The van der Waals surface area contributed by atoms with Crippen molar-refractivity contribution in [3.05, 3.63) is 83.4 Å². The maximum absolute atomic E-state index is 15.0. The highest BCUT2D eigenvalue weighted by Gasteiger charge is 2.45. The monoisotopic (exact) mass is 624 g/mol. The lowest BCUT2D eigenvalue weighted by atomic mass is 9.75. The second-order valence-corrected chi connectivity index (χ2v) is 12.1. The van der Waals surface area contributed by atoms with Crippen LogP contribution < -0.4 is 15.4 Å². The third kappa shape index (κ3) is 5.87. The van der Waals surface area contributed by atoms with Crippen LogP contribution in [-0.2, 0) is 16.6 Å². The van der Waals surface area contributed by atoms with Crippen LogP contribution in [-0.4, -0.2) is 44.6 Å². The van der Waals surface area contributed by atoms with E-state index >= 15 is 4.39 Å². The van der Waals surface area contributed by atoms with E-state index in [1.807, 2.05) is 30.7 Å². The number of rotatable bonds is 10. The number of benzene rings is 2. The average Bonchev–Trinajstić information content (AvgIpc) is 3.65. The number of nitrogens with zero attached hydrogens (tertiary/aromatic N) is 2. The van der Waals surface area contributed by atoms with Crippen LogP contribution in [0.1, 0.15) is 79.3 Å². The lowest BCUT2D eigenvalue weighted by Crippen LogP contribution is -2.61. The first-order valence-corrected chi connectivity index (χ1v) is 15.8. The minimum atomic E-state index is -1.08. The summed E-state index contributed by atoms with van der Waals surface area (Å²) >= 11 is 0. The molecule has 9 nitrogen and oxygen atoms in total. The molecule has 0 unspecified atom stereocenters. The van der Waals surface area contributed by atoms with E-state index in [0.717, 1.165) is 60.3 Å². The van der Waals surface area contributed by atoms with Gasteiger partial charge in [0.2, 0.25) is 11.9 Å². The van der Waals surface area contributed by atoms with Crippen LogP contribution >= 0.6 is 0 Å². The summed E-state index contributed by atoms with van der Waals surface area (Å²) in [5.74, 6) is -1.57. The van der Waals surface area contributed by atoms with Crippen molar-refractivity contribution in [2.75, 3.05) is 11.9 Å². The van der Waals surface area contributed by atoms with Crippen molar-refractivity contribution in [3.63, 3.8) is 0 Å².